The molecule has 42 heavy (non-hydrogen) atoms. The van der Waals surface area contributed by atoms with E-state index < -0.39 is 0 Å². The molecule has 3 aromatic carbocycles. The molecule has 0 radical (unpaired) electrons. The number of carbonyl (C=O) groups excluding carboxylic acids is 2. The Balaban J connectivity index is 1.57. The van der Waals surface area contributed by atoms with Crippen molar-refractivity contribution in [1.82, 2.24) is 15.1 Å². The lowest BCUT2D eigenvalue weighted by atomic mass is 9.98. The maximum Gasteiger partial charge on any atom is 0.240 e. The quantitative estimate of drug-likeness (QED) is 0.238. The van der Waals surface area contributed by atoms with Crippen LogP contribution in [0.5, 0.6) is 0 Å². The third-order valence-electron chi connectivity index (χ3n) is 7.63. The SMILES string of the molecule is Cc1cccc([C@@H]2SCC(=O)N(CC(=O)NCc3ccco3)c3c2c(-c2ccccc2)nn3-c2cccc(C)c2C)c1. The number of aryl methyl sites for hydroxylation is 2. The molecule has 2 amide bonds. The van der Waals surface area contributed by atoms with E-state index in [1.54, 1.807) is 35.1 Å². The second-order valence-corrected chi connectivity index (χ2v) is 11.6. The molecule has 212 valence electrons. The average molecular weight is 577 g/mol. The van der Waals surface area contributed by atoms with Gasteiger partial charge in [-0.2, -0.15) is 5.10 Å². The largest absolute Gasteiger partial charge is 0.467 e. The Kier molecular flexibility index (Phi) is 7.71. The van der Waals surface area contributed by atoms with Crippen molar-refractivity contribution in [2.45, 2.75) is 32.6 Å². The highest BCUT2D eigenvalue weighted by Crippen LogP contribution is 2.48. The summed E-state index contributed by atoms with van der Waals surface area (Å²) in [5, 5.41) is 7.95. The third-order valence-corrected chi connectivity index (χ3v) is 8.88. The van der Waals surface area contributed by atoms with Crippen LogP contribution in [0.4, 0.5) is 5.82 Å². The Morgan fingerprint density at radius 3 is 2.57 bits per heavy atom. The first-order valence-corrected chi connectivity index (χ1v) is 15.0. The van der Waals surface area contributed by atoms with Crippen LogP contribution in [0.1, 0.15) is 38.8 Å². The van der Waals surface area contributed by atoms with Gasteiger partial charge in [0.15, 0.2) is 0 Å². The number of amides is 2. The van der Waals surface area contributed by atoms with Crippen LogP contribution in [0.2, 0.25) is 0 Å². The highest BCUT2D eigenvalue weighted by Gasteiger charge is 2.38. The molecule has 0 fully saturated rings. The van der Waals surface area contributed by atoms with E-state index in [-0.39, 0.29) is 35.9 Å². The predicted octanol–water partition coefficient (Wildman–Crippen LogP) is 6.54. The molecule has 3 heterocycles. The van der Waals surface area contributed by atoms with Crippen molar-refractivity contribution in [3.05, 3.63) is 125 Å². The molecule has 2 aromatic heterocycles. The van der Waals surface area contributed by atoms with Crippen LogP contribution in [0.15, 0.2) is 95.6 Å². The smallest absolute Gasteiger partial charge is 0.240 e. The highest BCUT2D eigenvalue weighted by molar-refractivity contribution is 8.00. The lowest BCUT2D eigenvalue weighted by molar-refractivity contribution is -0.123. The summed E-state index contributed by atoms with van der Waals surface area (Å²) in [6.45, 7) is 6.30. The molecule has 5 aromatic rings. The maximum atomic E-state index is 13.9. The third kappa shape index (κ3) is 5.37. The van der Waals surface area contributed by atoms with E-state index >= 15 is 0 Å². The van der Waals surface area contributed by atoms with Gasteiger partial charge in [0.1, 0.15) is 18.1 Å². The monoisotopic (exact) mass is 576 g/mol. The molecule has 1 aliphatic rings. The van der Waals surface area contributed by atoms with Crippen molar-refractivity contribution in [2.75, 3.05) is 17.2 Å². The average Bonchev–Trinajstić information content (AvgIpc) is 3.63. The number of benzene rings is 3. The summed E-state index contributed by atoms with van der Waals surface area (Å²) < 4.78 is 7.25. The summed E-state index contributed by atoms with van der Waals surface area (Å²) in [5.74, 6) is 1.07. The van der Waals surface area contributed by atoms with Crippen molar-refractivity contribution in [3.8, 4) is 16.9 Å². The normalized spacial score (nSPS) is 14.9. The van der Waals surface area contributed by atoms with E-state index in [1.165, 1.54) is 0 Å². The van der Waals surface area contributed by atoms with Gasteiger partial charge in [0.05, 0.1) is 35.2 Å². The molecule has 0 saturated carbocycles. The van der Waals surface area contributed by atoms with Crippen LogP contribution in [-0.4, -0.2) is 33.9 Å². The zero-order valence-electron chi connectivity index (χ0n) is 23.8. The lowest BCUT2D eigenvalue weighted by Gasteiger charge is -2.24. The van der Waals surface area contributed by atoms with Crippen LogP contribution in [-0.2, 0) is 16.1 Å². The minimum absolute atomic E-state index is 0.140. The lowest BCUT2D eigenvalue weighted by Crippen LogP contribution is -2.42. The van der Waals surface area contributed by atoms with Crippen LogP contribution in [0.3, 0.4) is 0 Å². The minimum Gasteiger partial charge on any atom is -0.467 e. The van der Waals surface area contributed by atoms with E-state index in [2.05, 4.69) is 56.4 Å². The van der Waals surface area contributed by atoms with Gasteiger partial charge in [0, 0.05) is 11.1 Å². The molecule has 0 bridgehead atoms. The van der Waals surface area contributed by atoms with Gasteiger partial charge in [0.2, 0.25) is 11.8 Å². The zero-order valence-corrected chi connectivity index (χ0v) is 24.7. The molecule has 0 unspecified atom stereocenters. The zero-order chi connectivity index (χ0) is 29.2. The van der Waals surface area contributed by atoms with Crippen molar-refractivity contribution in [3.63, 3.8) is 0 Å². The molecule has 8 heteroatoms. The number of anilines is 1. The van der Waals surface area contributed by atoms with Crippen molar-refractivity contribution in [1.29, 1.82) is 0 Å². The van der Waals surface area contributed by atoms with E-state index in [0.717, 1.165) is 44.8 Å². The molecule has 1 atom stereocenters. The fourth-order valence-electron chi connectivity index (χ4n) is 5.36. The molecule has 1 aliphatic heterocycles. The summed E-state index contributed by atoms with van der Waals surface area (Å²) in [5.41, 5.74) is 7.94. The van der Waals surface area contributed by atoms with Gasteiger partial charge in [0.25, 0.3) is 0 Å². The Labute approximate surface area is 249 Å². The number of carbonyl (C=O) groups is 2. The Bertz CT molecular complexity index is 1740. The molecule has 0 aliphatic carbocycles. The van der Waals surface area contributed by atoms with Gasteiger partial charge in [-0.1, -0.05) is 72.3 Å². The van der Waals surface area contributed by atoms with Crippen molar-refractivity contribution in [2.24, 2.45) is 0 Å². The first-order chi connectivity index (χ1) is 20.4. The van der Waals surface area contributed by atoms with Gasteiger partial charge >= 0.3 is 0 Å². The van der Waals surface area contributed by atoms with Gasteiger partial charge in [-0.3, -0.25) is 14.5 Å². The fourth-order valence-corrected chi connectivity index (χ4v) is 6.54. The summed E-state index contributed by atoms with van der Waals surface area (Å²) in [6, 6.07) is 28.1. The van der Waals surface area contributed by atoms with Gasteiger partial charge in [-0.15, -0.1) is 11.8 Å². The van der Waals surface area contributed by atoms with Crippen LogP contribution in [0.25, 0.3) is 16.9 Å². The molecule has 0 saturated heterocycles. The summed E-state index contributed by atoms with van der Waals surface area (Å²) in [4.78, 5) is 28.9. The first kappa shape index (κ1) is 27.6. The summed E-state index contributed by atoms with van der Waals surface area (Å²) >= 11 is 1.57. The van der Waals surface area contributed by atoms with Crippen molar-refractivity contribution < 1.29 is 14.0 Å². The highest BCUT2D eigenvalue weighted by atomic mass is 32.2. The van der Waals surface area contributed by atoms with Crippen LogP contribution in [0, 0.1) is 20.8 Å². The number of hydrogen-bond donors (Lipinski definition) is 1. The number of aromatic nitrogens is 2. The fraction of sp³-hybridized carbons (Fsp3) is 0.206. The number of nitrogens with zero attached hydrogens (tertiary/aromatic N) is 3. The first-order valence-electron chi connectivity index (χ1n) is 13.9. The number of nitrogens with one attached hydrogen (secondary N) is 1. The summed E-state index contributed by atoms with van der Waals surface area (Å²) in [6.07, 6.45) is 1.57. The van der Waals surface area contributed by atoms with E-state index in [4.69, 9.17) is 9.52 Å². The Morgan fingerprint density at radius 2 is 1.81 bits per heavy atom. The van der Waals surface area contributed by atoms with Crippen LogP contribution < -0.4 is 10.2 Å². The Morgan fingerprint density at radius 1 is 1.00 bits per heavy atom. The number of hydrogen-bond acceptors (Lipinski definition) is 5. The molecule has 6 rings (SSSR count). The molecular weight excluding hydrogens is 544 g/mol. The predicted molar refractivity (Wildman–Crippen MR) is 167 cm³/mol. The number of thioether (sulfide) groups is 1. The summed E-state index contributed by atoms with van der Waals surface area (Å²) in [7, 11) is 0. The molecular formula is C34H32N4O3S. The van der Waals surface area contributed by atoms with E-state index in [0.29, 0.717) is 11.6 Å². The number of furan rings is 1. The molecule has 7 nitrogen and oxygen atoms in total. The van der Waals surface area contributed by atoms with E-state index in [1.807, 2.05) is 47.1 Å². The van der Waals surface area contributed by atoms with Gasteiger partial charge < -0.3 is 9.73 Å². The van der Waals surface area contributed by atoms with Gasteiger partial charge in [-0.25, -0.2) is 4.68 Å². The molecule has 1 N–H and O–H groups in total. The Hall–Kier alpha value is -4.56. The number of rotatable bonds is 7. The standard InChI is InChI=1S/C34H32N4O3S/c1-22-10-7-14-26(18-22)33-31-32(25-12-5-4-6-13-25)36-38(28-16-8-11-23(2)24(28)3)34(31)37(30(40)21-42-33)20-29(39)35-19-27-15-9-17-41-27/h4-18,33H,19-21H2,1-3H3,(H,35,39)/t33-/m0/s1. The van der Waals surface area contributed by atoms with E-state index in [9.17, 15) is 9.59 Å². The van der Waals surface area contributed by atoms with Crippen LogP contribution >= 0.6 is 11.8 Å². The van der Waals surface area contributed by atoms with Crippen molar-refractivity contribution >= 4 is 29.4 Å². The molecule has 0 spiro atoms. The minimum atomic E-state index is -0.278. The van der Waals surface area contributed by atoms with Gasteiger partial charge in [-0.05, 0) is 55.7 Å². The second-order valence-electron chi connectivity index (χ2n) is 10.5. The number of fused-ring (bicyclic) bond motifs is 1. The topological polar surface area (TPSA) is 80.4 Å². The maximum absolute atomic E-state index is 13.9. The second kappa shape index (κ2) is 11.7.